The molecule has 0 aromatic heterocycles. The van der Waals surface area contributed by atoms with Crippen molar-refractivity contribution in [1.29, 1.82) is 0 Å². The number of benzene rings is 1. The first kappa shape index (κ1) is 11.0. The van der Waals surface area contributed by atoms with Crippen molar-refractivity contribution in [1.82, 2.24) is 0 Å². The summed E-state index contributed by atoms with van der Waals surface area (Å²) in [6.45, 7) is 5.32. The number of hydrogen-bond donors (Lipinski definition) is 1. The predicted molar refractivity (Wildman–Crippen MR) is 64.0 cm³/mol. The summed E-state index contributed by atoms with van der Waals surface area (Å²) in [6, 6.07) is 6.55. The lowest BCUT2D eigenvalue weighted by Crippen LogP contribution is -2.28. The van der Waals surface area contributed by atoms with Crippen LogP contribution in [0.5, 0.6) is 0 Å². The number of anilines is 1. The lowest BCUT2D eigenvalue weighted by Gasteiger charge is -2.23. The van der Waals surface area contributed by atoms with Gasteiger partial charge in [0.1, 0.15) is 0 Å². The lowest BCUT2D eigenvalue weighted by molar-refractivity contribution is -0.136. The Morgan fingerprint density at radius 2 is 2.31 bits per heavy atom. The summed E-state index contributed by atoms with van der Waals surface area (Å²) in [5, 5.41) is 8.78. The minimum absolute atomic E-state index is 0.110. The molecule has 1 heterocycles. The largest absolute Gasteiger partial charge is 0.481 e. The SMILES string of the molecule is CCN1c2cc(CC(=O)O)ccc2CC1C. The van der Waals surface area contributed by atoms with Crippen molar-refractivity contribution in [3.05, 3.63) is 29.3 Å². The molecule has 3 nitrogen and oxygen atoms in total. The first-order chi connectivity index (χ1) is 7.61. The van der Waals surface area contributed by atoms with Crippen LogP contribution in [-0.2, 0) is 17.6 Å². The zero-order chi connectivity index (χ0) is 11.7. The second-order valence-corrected chi connectivity index (χ2v) is 4.37. The highest BCUT2D eigenvalue weighted by atomic mass is 16.4. The Kier molecular flexibility index (Phi) is 2.86. The molecule has 1 aliphatic heterocycles. The van der Waals surface area contributed by atoms with Gasteiger partial charge in [-0.05, 0) is 37.5 Å². The summed E-state index contributed by atoms with van der Waals surface area (Å²) in [4.78, 5) is 13.0. The highest BCUT2D eigenvalue weighted by Gasteiger charge is 2.24. The standard InChI is InChI=1S/C13H17NO2/c1-3-14-9(2)6-11-5-4-10(7-12(11)14)8-13(15)16/h4-5,7,9H,3,6,8H2,1-2H3,(H,15,16). The normalized spacial score (nSPS) is 18.6. The number of carbonyl (C=O) groups is 1. The molecule has 1 aliphatic rings. The van der Waals surface area contributed by atoms with E-state index in [2.05, 4.69) is 24.8 Å². The topological polar surface area (TPSA) is 40.5 Å². The molecule has 0 fully saturated rings. The Labute approximate surface area is 95.7 Å². The summed E-state index contributed by atoms with van der Waals surface area (Å²) >= 11 is 0. The summed E-state index contributed by atoms with van der Waals surface area (Å²) in [5.74, 6) is -0.769. The highest BCUT2D eigenvalue weighted by Crippen LogP contribution is 2.32. The van der Waals surface area contributed by atoms with Gasteiger partial charge < -0.3 is 10.0 Å². The van der Waals surface area contributed by atoms with E-state index in [4.69, 9.17) is 5.11 Å². The number of rotatable bonds is 3. The molecule has 1 aromatic carbocycles. The summed E-state index contributed by atoms with van der Waals surface area (Å²) in [6.07, 6.45) is 1.18. The zero-order valence-electron chi connectivity index (χ0n) is 9.73. The number of carboxylic acid groups (broad SMARTS) is 1. The average molecular weight is 219 g/mol. The number of hydrogen-bond acceptors (Lipinski definition) is 2. The zero-order valence-corrected chi connectivity index (χ0v) is 9.73. The number of aliphatic carboxylic acids is 1. The smallest absolute Gasteiger partial charge is 0.307 e. The molecular formula is C13H17NO2. The maximum atomic E-state index is 10.7. The minimum Gasteiger partial charge on any atom is -0.481 e. The van der Waals surface area contributed by atoms with E-state index in [1.165, 1.54) is 11.3 Å². The molecule has 86 valence electrons. The minimum atomic E-state index is -0.769. The summed E-state index contributed by atoms with van der Waals surface area (Å²) < 4.78 is 0. The van der Waals surface area contributed by atoms with Crippen LogP contribution in [0.1, 0.15) is 25.0 Å². The van der Waals surface area contributed by atoms with Crippen molar-refractivity contribution in [3.8, 4) is 0 Å². The number of fused-ring (bicyclic) bond motifs is 1. The van der Waals surface area contributed by atoms with Gasteiger partial charge in [-0.3, -0.25) is 4.79 Å². The van der Waals surface area contributed by atoms with Crippen LogP contribution in [-0.4, -0.2) is 23.7 Å². The Morgan fingerprint density at radius 3 is 2.94 bits per heavy atom. The van der Waals surface area contributed by atoms with Crippen LogP contribution in [0.2, 0.25) is 0 Å². The monoisotopic (exact) mass is 219 g/mol. The van der Waals surface area contributed by atoms with Gasteiger partial charge in [-0.2, -0.15) is 0 Å². The van der Waals surface area contributed by atoms with Gasteiger partial charge >= 0.3 is 5.97 Å². The molecule has 1 N–H and O–H groups in total. The van der Waals surface area contributed by atoms with Gasteiger partial charge in [-0.15, -0.1) is 0 Å². The van der Waals surface area contributed by atoms with E-state index in [1.54, 1.807) is 0 Å². The van der Waals surface area contributed by atoms with Crippen LogP contribution in [0.15, 0.2) is 18.2 Å². The van der Waals surface area contributed by atoms with Crippen molar-refractivity contribution >= 4 is 11.7 Å². The quantitative estimate of drug-likeness (QED) is 0.846. The van der Waals surface area contributed by atoms with E-state index >= 15 is 0 Å². The molecule has 16 heavy (non-hydrogen) atoms. The number of likely N-dealkylation sites (N-methyl/N-ethyl adjacent to an activating group) is 1. The van der Waals surface area contributed by atoms with Gasteiger partial charge in [0.25, 0.3) is 0 Å². The molecule has 0 saturated heterocycles. The van der Waals surface area contributed by atoms with Crippen LogP contribution >= 0.6 is 0 Å². The highest BCUT2D eigenvalue weighted by molar-refractivity contribution is 5.72. The Bertz CT molecular complexity index is 414. The fourth-order valence-corrected chi connectivity index (χ4v) is 2.48. The van der Waals surface area contributed by atoms with Crippen LogP contribution in [0, 0.1) is 0 Å². The van der Waals surface area contributed by atoms with E-state index in [9.17, 15) is 4.79 Å². The van der Waals surface area contributed by atoms with E-state index in [0.717, 1.165) is 18.5 Å². The molecule has 1 aromatic rings. The van der Waals surface area contributed by atoms with Crippen LogP contribution in [0.25, 0.3) is 0 Å². The van der Waals surface area contributed by atoms with E-state index in [0.29, 0.717) is 6.04 Å². The molecule has 2 rings (SSSR count). The second-order valence-electron chi connectivity index (χ2n) is 4.37. The Hall–Kier alpha value is -1.51. The first-order valence-corrected chi connectivity index (χ1v) is 5.72. The average Bonchev–Trinajstić information content (AvgIpc) is 2.52. The van der Waals surface area contributed by atoms with Gasteiger partial charge in [0.15, 0.2) is 0 Å². The third kappa shape index (κ3) is 1.90. The van der Waals surface area contributed by atoms with Crippen molar-refractivity contribution in [3.63, 3.8) is 0 Å². The molecule has 1 unspecified atom stereocenters. The first-order valence-electron chi connectivity index (χ1n) is 5.72. The van der Waals surface area contributed by atoms with Crippen LogP contribution in [0.3, 0.4) is 0 Å². The third-order valence-electron chi connectivity index (χ3n) is 3.20. The van der Waals surface area contributed by atoms with Crippen molar-refractivity contribution in [2.24, 2.45) is 0 Å². The number of carboxylic acids is 1. The Balaban J connectivity index is 2.31. The molecule has 0 aliphatic carbocycles. The summed E-state index contributed by atoms with van der Waals surface area (Å²) in [7, 11) is 0. The van der Waals surface area contributed by atoms with Gasteiger partial charge in [0.2, 0.25) is 0 Å². The maximum absolute atomic E-state index is 10.7. The number of nitrogens with zero attached hydrogens (tertiary/aromatic N) is 1. The van der Waals surface area contributed by atoms with E-state index < -0.39 is 5.97 Å². The Morgan fingerprint density at radius 1 is 1.56 bits per heavy atom. The van der Waals surface area contributed by atoms with Gasteiger partial charge in [-0.25, -0.2) is 0 Å². The van der Waals surface area contributed by atoms with Gasteiger partial charge in [0.05, 0.1) is 6.42 Å². The molecule has 0 bridgehead atoms. The molecule has 0 saturated carbocycles. The molecule has 0 amide bonds. The molecular weight excluding hydrogens is 202 g/mol. The van der Waals surface area contributed by atoms with Crippen molar-refractivity contribution < 1.29 is 9.90 Å². The van der Waals surface area contributed by atoms with E-state index in [-0.39, 0.29) is 6.42 Å². The van der Waals surface area contributed by atoms with Gasteiger partial charge in [0, 0.05) is 18.3 Å². The van der Waals surface area contributed by atoms with Crippen molar-refractivity contribution in [2.75, 3.05) is 11.4 Å². The fourth-order valence-electron chi connectivity index (χ4n) is 2.48. The van der Waals surface area contributed by atoms with E-state index in [1.807, 2.05) is 12.1 Å². The molecule has 0 radical (unpaired) electrons. The molecule has 3 heteroatoms. The molecule has 0 spiro atoms. The third-order valence-corrected chi connectivity index (χ3v) is 3.20. The fraction of sp³-hybridized carbons (Fsp3) is 0.462. The second kappa shape index (κ2) is 4.16. The van der Waals surface area contributed by atoms with Crippen molar-refractivity contribution in [2.45, 2.75) is 32.7 Å². The predicted octanol–water partition coefficient (Wildman–Crippen LogP) is 2.08. The van der Waals surface area contributed by atoms with Crippen LogP contribution < -0.4 is 4.90 Å². The maximum Gasteiger partial charge on any atom is 0.307 e. The van der Waals surface area contributed by atoms with Gasteiger partial charge in [-0.1, -0.05) is 12.1 Å². The van der Waals surface area contributed by atoms with Crippen LogP contribution in [0.4, 0.5) is 5.69 Å². The summed E-state index contributed by atoms with van der Waals surface area (Å²) in [5.41, 5.74) is 3.44. The molecule has 1 atom stereocenters. The lowest BCUT2D eigenvalue weighted by atomic mass is 10.1.